The summed E-state index contributed by atoms with van der Waals surface area (Å²) in [5, 5.41) is 2.10. The van der Waals surface area contributed by atoms with E-state index in [0.717, 1.165) is 11.1 Å². The molecule has 42 heavy (non-hydrogen) atoms. The van der Waals surface area contributed by atoms with Crippen molar-refractivity contribution < 1.29 is 23.4 Å². The Morgan fingerprint density at radius 2 is 1.36 bits per heavy atom. The number of benzene rings is 4. The average Bonchev–Trinajstić information content (AvgIpc) is 3.37. The average molecular weight is 581 g/mol. The molecule has 4 aromatic carbocycles. The topological polar surface area (TPSA) is 54.0 Å². The summed E-state index contributed by atoms with van der Waals surface area (Å²) in [7, 11) is -1.31. The highest BCUT2D eigenvalue weighted by molar-refractivity contribution is 6.99. The van der Waals surface area contributed by atoms with E-state index in [4.69, 9.17) is 18.6 Å². The lowest BCUT2D eigenvalue weighted by Gasteiger charge is -2.45. The summed E-state index contributed by atoms with van der Waals surface area (Å²) >= 11 is 0. The predicted octanol–water partition coefficient (Wildman–Crippen LogP) is 6.39. The van der Waals surface area contributed by atoms with Crippen LogP contribution in [0.3, 0.4) is 0 Å². The minimum Gasteiger partial charge on any atom is -0.455 e. The molecule has 0 saturated carbocycles. The molecule has 1 fully saturated rings. The number of rotatable bonds is 9. The van der Waals surface area contributed by atoms with E-state index in [1.807, 2.05) is 61.5 Å². The molecular formula is C36H40O5Si. The van der Waals surface area contributed by atoms with Crippen LogP contribution in [-0.4, -0.2) is 40.4 Å². The van der Waals surface area contributed by atoms with Crippen molar-refractivity contribution in [1.29, 1.82) is 0 Å². The zero-order valence-electron chi connectivity index (χ0n) is 25.1. The van der Waals surface area contributed by atoms with E-state index >= 15 is 0 Å². The number of aryl methyl sites for hydroxylation is 1. The van der Waals surface area contributed by atoms with Crippen molar-refractivity contribution >= 4 is 24.7 Å². The molecule has 3 atom stereocenters. The van der Waals surface area contributed by atoms with Gasteiger partial charge in [-0.3, -0.25) is 0 Å². The van der Waals surface area contributed by atoms with Crippen molar-refractivity contribution in [3.05, 3.63) is 132 Å². The number of carbonyl (C=O) groups excluding carboxylic acids is 1. The molecule has 5 rings (SSSR count). The minimum atomic E-state index is -2.93. The van der Waals surface area contributed by atoms with E-state index in [9.17, 15) is 4.79 Å². The fourth-order valence-corrected chi connectivity index (χ4v) is 10.6. The second kappa shape index (κ2) is 12.4. The summed E-state index contributed by atoms with van der Waals surface area (Å²) in [6.45, 7) is 8.91. The van der Waals surface area contributed by atoms with Gasteiger partial charge < -0.3 is 18.6 Å². The Labute approximate surface area is 250 Å². The Balaban J connectivity index is 1.61. The number of ether oxygens (including phenoxy) is 3. The molecule has 1 heterocycles. The van der Waals surface area contributed by atoms with Crippen LogP contribution in [0.4, 0.5) is 0 Å². The molecule has 4 aromatic rings. The van der Waals surface area contributed by atoms with Crippen molar-refractivity contribution in [3.8, 4) is 0 Å². The number of hydrogen-bond donors (Lipinski definition) is 0. The molecule has 0 spiro atoms. The quantitative estimate of drug-likeness (QED) is 0.170. The highest BCUT2D eigenvalue weighted by atomic mass is 28.4. The number of carbonyl (C=O) groups is 1. The van der Waals surface area contributed by atoms with Crippen LogP contribution in [-0.2, 0) is 24.2 Å². The highest BCUT2D eigenvalue weighted by Gasteiger charge is 2.57. The third-order valence-corrected chi connectivity index (χ3v) is 13.2. The Kier molecular flexibility index (Phi) is 8.80. The van der Waals surface area contributed by atoms with E-state index in [1.54, 1.807) is 19.2 Å². The van der Waals surface area contributed by atoms with Gasteiger partial charge in [-0.15, -0.1) is 0 Å². The minimum absolute atomic E-state index is 0.177. The molecule has 5 nitrogen and oxygen atoms in total. The van der Waals surface area contributed by atoms with E-state index in [1.165, 1.54) is 10.4 Å². The van der Waals surface area contributed by atoms with Gasteiger partial charge in [0.2, 0.25) is 0 Å². The molecule has 1 saturated heterocycles. The van der Waals surface area contributed by atoms with Crippen LogP contribution < -0.4 is 10.4 Å². The molecule has 1 aliphatic rings. The third-order valence-electron chi connectivity index (χ3n) is 8.25. The summed E-state index contributed by atoms with van der Waals surface area (Å²) in [6.07, 6.45) is -0.826. The first kappa shape index (κ1) is 29.9. The van der Waals surface area contributed by atoms with Crippen LogP contribution in [0.1, 0.15) is 48.7 Å². The van der Waals surface area contributed by atoms with Gasteiger partial charge >= 0.3 is 5.97 Å². The standard InChI is InChI=1S/C36H40O5Si/c1-27-21-23-28(24-22-27)34(37)40-32-25-33(38-5)41-36(32,29-15-9-6-10-16-29)26-39-42(35(2,3)4,30-17-11-7-12-18-30)31-19-13-8-14-20-31/h6-24,32-33H,25-26H2,1-5H3. The summed E-state index contributed by atoms with van der Waals surface area (Å²) in [4.78, 5) is 13.5. The van der Waals surface area contributed by atoms with Gasteiger partial charge in [0, 0.05) is 13.5 Å². The number of hydrogen-bond acceptors (Lipinski definition) is 5. The molecule has 0 N–H and O–H groups in total. The van der Waals surface area contributed by atoms with Gasteiger partial charge in [-0.1, -0.05) is 129 Å². The van der Waals surface area contributed by atoms with Crippen molar-refractivity contribution in [2.24, 2.45) is 0 Å². The molecule has 0 bridgehead atoms. The van der Waals surface area contributed by atoms with E-state index in [-0.39, 0.29) is 11.6 Å². The highest BCUT2D eigenvalue weighted by Crippen LogP contribution is 2.45. The van der Waals surface area contributed by atoms with Crippen LogP contribution >= 0.6 is 0 Å². The Morgan fingerprint density at radius 3 is 1.86 bits per heavy atom. The first-order chi connectivity index (χ1) is 20.2. The van der Waals surface area contributed by atoms with Gasteiger partial charge in [0.15, 0.2) is 11.9 Å². The second-order valence-corrected chi connectivity index (χ2v) is 16.3. The Morgan fingerprint density at radius 1 is 0.833 bits per heavy atom. The smallest absolute Gasteiger partial charge is 0.338 e. The molecule has 3 unspecified atom stereocenters. The van der Waals surface area contributed by atoms with Gasteiger partial charge in [-0.05, 0) is 40.0 Å². The maximum Gasteiger partial charge on any atom is 0.338 e. The molecule has 6 heteroatoms. The van der Waals surface area contributed by atoms with Gasteiger partial charge in [-0.2, -0.15) is 0 Å². The van der Waals surface area contributed by atoms with Crippen molar-refractivity contribution in [3.63, 3.8) is 0 Å². The molecule has 0 aromatic heterocycles. The van der Waals surface area contributed by atoms with Gasteiger partial charge in [-0.25, -0.2) is 4.79 Å². The summed E-state index contributed by atoms with van der Waals surface area (Å²) < 4.78 is 26.2. The van der Waals surface area contributed by atoms with E-state index < -0.39 is 32.3 Å². The monoisotopic (exact) mass is 580 g/mol. The number of methoxy groups -OCH3 is 1. The van der Waals surface area contributed by atoms with Crippen LogP contribution in [0.25, 0.3) is 0 Å². The van der Waals surface area contributed by atoms with Crippen LogP contribution in [0, 0.1) is 6.92 Å². The maximum absolute atomic E-state index is 13.5. The van der Waals surface area contributed by atoms with Gasteiger partial charge in [0.25, 0.3) is 8.32 Å². The van der Waals surface area contributed by atoms with Gasteiger partial charge in [0.05, 0.1) is 12.2 Å². The Hall–Kier alpha value is -3.55. The lowest BCUT2D eigenvalue weighted by atomic mass is 9.89. The fourth-order valence-electron chi connectivity index (χ4n) is 6.06. The summed E-state index contributed by atoms with van der Waals surface area (Å²) in [6, 6.07) is 38.4. The maximum atomic E-state index is 13.5. The van der Waals surface area contributed by atoms with E-state index in [2.05, 4.69) is 69.3 Å². The zero-order valence-corrected chi connectivity index (χ0v) is 26.1. The lowest BCUT2D eigenvalue weighted by Crippen LogP contribution is -2.67. The first-order valence-electron chi connectivity index (χ1n) is 14.5. The van der Waals surface area contributed by atoms with Crippen molar-refractivity contribution in [1.82, 2.24) is 0 Å². The third kappa shape index (κ3) is 5.72. The van der Waals surface area contributed by atoms with Gasteiger partial charge in [0.1, 0.15) is 6.10 Å². The second-order valence-electron chi connectivity index (χ2n) is 12.0. The first-order valence-corrected chi connectivity index (χ1v) is 16.4. The van der Waals surface area contributed by atoms with E-state index in [0.29, 0.717) is 12.0 Å². The lowest BCUT2D eigenvalue weighted by molar-refractivity contribution is -0.181. The molecule has 218 valence electrons. The Bertz CT molecular complexity index is 1410. The fraction of sp³-hybridized carbons (Fsp3) is 0.306. The summed E-state index contributed by atoms with van der Waals surface area (Å²) in [5.41, 5.74) is 1.36. The van der Waals surface area contributed by atoms with Crippen LogP contribution in [0.5, 0.6) is 0 Å². The molecule has 0 aliphatic carbocycles. The largest absolute Gasteiger partial charge is 0.455 e. The molecule has 0 radical (unpaired) electrons. The normalized spacial score (nSPS) is 20.8. The molecule has 1 aliphatic heterocycles. The van der Waals surface area contributed by atoms with Crippen molar-refractivity contribution in [2.45, 2.75) is 57.1 Å². The zero-order chi connectivity index (χ0) is 29.8. The van der Waals surface area contributed by atoms with Crippen LogP contribution in [0.15, 0.2) is 115 Å². The SMILES string of the molecule is COC1CC(OC(=O)c2ccc(C)cc2)C(CO[Si](c2ccccc2)(c2ccccc2)C(C)(C)C)(c2ccccc2)O1. The summed E-state index contributed by atoms with van der Waals surface area (Å²) in [5.74, 6) is -0.397. The predicted molar refractivity (Wildman–Crippen MR) is 169 cm³/mol. The molecular weight excluding hydrogens is 540 g/mol. The van der Waals surface area contributed by atoms with Crippen molar-refractivity contribution in [2.75, 3.05) is 13.7 Å². The van der Waals surface area contributed by atoms with Crippen LogP contribution in [0.2, 0.25) is 5.04 Å². The molecule has 0 amide bonds. The number of esters is 1.